The lowest BCUT2D eigenvalue weighted by atomic mass is 9.71. The maximum atomic E-state index is 12.3. The first kappa shape index (κ1) is 17.8. The fraction of sp³-hybridized carbons (Fsp3) is 0.353. The Balaban J connectivity index is 2.64. The summed E-state index contributed by atoms with van der Waals surface area (Å²) < 4.78 is 24.5. The fourth-order valence-corrected chi connectivity index (χ4v) is 4.66. The molecule has 0 aromatic heterocycles. The molecule has 0 radical (unpaired) electrons. The molecule has 4 nitrogen and oxygen atoms in total. The molecule has 124 valence electrons. The van der Waals surface area contributed by atoms with Gasteiger partial charge in [0.15, 0.2) is 9.84 Å². The molecule has 23 heavy (non-hydrogen) atoms. The molecule has 1 atom stereocenters. The van der Waals surface area contributed by atoms with Crippen LogP contribution in [0.3, 0.4) is 0 Å². The van der Waals surface area contributed by atoms with Crippen LogP contribution in [0, 0.1) is 5.41 Å². The van der Waals surface area contributed by atoms with Gasteiger partial charge in [-0.2, -0.15) is 0 Å². The summed E-state index contributed by atoms with van der Waals surface area (Å²) in [4.78, 5) is 11.5. The Kier molecular flexibility index (Phi) is 5.01. The molecule has 1 aliphatic carbocycles. The van der Waals surface area contributed by atoms with Crippen LogP contribution in [0.4, 0.5) is 0 Å². The Bertz CT molecular complexity index is 778. The van der Waals surface area contributed by atoms with Gasteiger partial charge in [0.1, 0.15) is 0 Å². The van der Waals surface area contributed by atoms with Crippen molar-refractivity contribution in [1.29, 1.82) is 0 Å². The molecular formula is C17H19ClO4S. The van der Waals surface area contributed by atoms with E-state index in [1.807, 2.05) is 30.3 Å². The van der Waals surface area contributed by atoms with Crippen LogP contribution in [0.25, 0.3) is 5.57 Å². The number of halogens is 1. The normalized spacial score (nSPS) is 22.0. The molecule has 0 aliphatic heterocycles. The van der Waals surface area contributed by atoms with Gasteiger partial charge in [0.25, 0.3) is 0 Å². The van der Waals surface area contributed by atoms with Gasteiger partial charge in [-0.25, -0.2) is 8.42 Å². The van der Waals surface area contributed by atoms with E-state index in [1.54, 1.807) is 19.9 Å². The smallest absolute Gasteiger partial charge is 0.304 e. The summed E-state index contributed by atoms with van der Waals surface area (Å²) in [5.74, 6) is -1.03. The Morgan fingerprint density at radius 1 is 1.30 bits per heavy atom. The van der Waals surface area contributed by atoms with Crippen molar-refractivity contribution < 1.29 is 18.3 Å². The van der Waals surface area contributed by atoms with Crippen molar-refractivity contribution in [2.75, 3.05) is 5.75 Å². The molecule has 0 fully saturated rings. The molecule has 1 aromatic rings. The van der Waals surface area contributed by atoms with Crippen LogP contribution in [0.5, 0.6) is 0 Å². The molecule has 1 aromatic carbocycles. The van der Waals surface area contributed by atoms with Gasteiger partial charge < -0.3 is 5.11 Å². The van der Waals surface area contributed by atoms with Crippen molar-refractivity contribution in [2.45, 2.75) is 26.7 Å². The highest BCUT2D eigenvalue weighted by atomic mass is 35.5. The summed E-state index contributed by atoms with van der Waals surface area (Å²) in [7, 11) is -3.47. The number of hydrogen-bond donors (Lipinski definition) is 1. The Hall–Kier alpha value is -1.59. The van der Waals surface area contributed by atoms with Gasteiger partial charge in [0, 0.05) is 5.41 Å². The Morgan fingerprint density at radius 2 is 1.91 bits per heavy atom. The summed E-state index contributed by atoms with van der Waals surface area (Å²) >= 11 is 6.23. The van der Waals surface area contributed by atoms with E-state index in [-0.39, 0.29) is 28.5 Å². The third kappa shape index (κ3) is 3.67. The molecule has 1 N–H and O–H groups in total. The van der Waals surface area contributed by atoms with Crippen LogP contribution < -0.4 is 0 Å². The molecule has 6 heteroatoms. The maximum absolute atomic E-state index is 12.3. The highest BCUT2D eigenvalue weighted by Gasteiger charge is 2.40. The largest absolute Gasteiger partial charge is 0.481 e. The number of hydrogen-bond acceptors (Lipinski definition) is 3. The lowest BCUT2D eigenvalue weighted by Crippen LogP contribution is -2.28. The molecule has 0 saturated heterocycles. The monoisotopic (exact) mass is 354 g/mol. The van der Waals surface area contributed by atoms with E-state index in [4.69, 9.17) is 11.6 Å². The topological polar surface area (TPSA) is 71.4 Å². The lowest BCUT2D eigenvalue weighted by molar-refractivity contribution is -0.138. The molecule has 2 rings (SSSR count). The molecule has 0 heterocycles. The second-order valence-corrected chi connectivity index (χ2v) is 8.61. The van der Waals surface area contributed by atoms with Crippen molar-refractivity contribution in [1.82, 2.24) is 0 Å². The number of aliphatic carboxylic acids is 1. The number of allylic oxidation sites excluding steroid dienone is 4. The van der Waals surface area contributed by atoms with Gasteiger partial charge in [-0.15, -0.1) is 0 Å². The molecule has 0 spiro atoms. The van der Waals surface area contributed by atoms with Gasteiger partial charge in [0.05, 0.1) is 22.1 Å². The van der Waals surface area contributed by atoms with Crippen LogP contribution in [-0.2, 0) is 14.6 Å². The third-order valence-corrected chi connectivity index (χ3v) is 6.44. The second kappa shape index (κ2) is 6.49. The second-order valence-electron chi connectivity index (χ2n) is 5.91. The van der Waals surface area contributed by atoms with E-state index in [1.165, 1.54) is 0 Å². The Labute approximate surface area is 141 Å². The van der Waals surface area contributed by atoms with Gasteiger partial charge in [-0.1, -0.05) is 55.8 Å². The first-order valence-electron chi connectivity index (χ1n) is 7.30. The van der Waals surface area contributed by atoms with Crippen LogP contribution in [0.2, 0.25) is 0 Å². The number of carbonyl (C=O) groups is 1. The van der Waals surface area contributed by atoms with Gasteiger partial charge in [-0.3, -0.25) is 4.79 Å². The minimum atomic E-state index is -3.47. The standard InChI is InChI=1S/C17H19ClO4S/c1-3-23(21,22)15-10-17(2,11-16(19)20)13(9-14(15)18)12-7-5-4-6-8-12/h4-9H,3,10-11H2,1-2H3,(H,19,20). The van der Waals surface area contributed by atoms with Crippen LogP contribution in [0.15, 0.2) is 46.3 Å². The highest BCUT2D eigenvalue weighted by Crippen LogP contribution is 2.49. The fourth-order valence-electron chi connectivity index (χ4n) is 2.89. The van der Waals surface area contributed by atoms with E-state index in [0.717, 1.165) is 11.1 Å². The summed E-state index contributed by atoms with van der Waals surface area (Å²) in [6.07, 6.45) is 1.53. The zero-order valence-electron chi connectivity index (χ0n) is 13.0. The van der Waals surface area contributed by atoms with Gasteiger partial charge in [-0.05, 0) is 23.6 Å². The number of sulfone groups is 1. The molecule has 0 saturated carbocycles. The van der Waals surface area contributed by atoms with Crippen molar-refractivity contribution in [3.8, 4) is 0 Å². The van der Waals surface area contributed by atoms with Crippen molar-refractivity contribution >= 4 is 33.0 Å². The van der Waals surface area contributed by atoms with E-state index in [2.05, 4.69) is 0 Å². The maximum Gasteiger partial charge on any atom is 0.304 e. The van der Waals surface area contributed by atoms with Crippen molar-refractivity contribution in [2.24, 2.45) is 5.41 Å². The number of carboxylic acids is 1. The first-order valence-corrected chi connectivity index (χ1v) is 9.33. The summed E-state index contributed by atoms with van der Waals surface area (Å²) in [5, 5.41) is 9.46. The highest BCUT2D eigenvalue weighted by molar-refractivity contribution is 7.95. The number of carboxylic acid groups (broad SMARTS) is 1. The van der Waals surface area contributed by atoms with Crippen LogP contribution >= 0.6 is 11.6 Å². The van der Waals surface area contributed by atoms with Crippen molar-refractivity contribution in [3.05, 3.63) is 51.9 Å². The van der Waals surface area contributed by atoms with Gasteiger partial charge >= 0.3 is 5.97 Å². The summed E-state index contributed by atoms with van der Waals surface area (Å²) in [5.41, 5.74) is 0.770. The van der Waals surface area contributed by atoms with E-state index in [0.29, 0.717) is 0 Å². The molecule has 0 bridgehead atoms. The van der Waals surface area contributed by atoms with E-state index >= 15 is 0 Å². The zero-order valence-corrected chi connectivity index (χ0v) is 14.6. The average molecular weight is 355 g/mol. The predicted octanol–water partition coefficient (Wildman–Crippen LogP) is 3.84. The predicted molar refractivity (Wildman–Crippen MR) is 91.7 cm³/mol. The minimum absolute atomic E-state index is 0.0593. The first-order chi connectivity index (χ1) is 10.7. The lowest BCUT2D eigenvalue weighted by Gasteiger charge is -2.35. The Morgan fingerprint density at radius 3 is 2.43 bits per heavy atom. The molecule has 1 aliphatic rings. The van der Waals surface area contributed by atoms with Gasteiger partial charge in [0.2, 0.25) is 0 Å². The minimum Gasteiger partial charge on any atom is -0.481 e. The van der Waals surface area contributed by atoms with Crippen molar-refractivity contribution in [3.63, 3.8) is 0 Å². The number of benzene rings is 1. The zero-order chi connectivity index (χ0) is 17.3. The quantitative estimate of drug-likeness (QED) is 0.872. The van der Waals surface area contributed by atoms with E-state index < -0.39 is 21.2 Å². The average Bonchev–Trinajstić information content (AvgIpc) is 2.49. The molecule has 0 amide bonds. The molecule has 1 unspecified atom stereocenters. The summed E-state index contributed by atoms with van der Waals surface area (Å²) in [6.45, 7) is 3.33. The third-order valence-electron chi connectivity index (χ3n) is 4.12. The summed E-state index contributed by atoms with van der Waals surface area (Å²) in [6, 6.07) is 9.32. The van der Waals surface area contributed by atoms with Crippen LogP contribution in [0.1, 0.15) is 32.3 Å². The molecular weight excluding hydrogens is 336 g/mol. The number of rotatable bonds is 5. The van der Waals surface area contributed by atoms with E-state index in [9.17, 15) is 18.3 Å². The SMILES string of the molecule is CCS(=O)(=O)C1=C(Cl)C=C(c2ccccc2)C(C)(CC(=O)O)C1. The van der Waals surface area contributed by atoms with Crippen LogP contribution in [-0.4, -0.2) is 25.2 Å².